The van der Waals surface area contributed by atoms with Gasteiger partial charge in [0.05, 0.1) is 11.9 Å². The molecule has 2 aliphatic heterocycles. The molecule has 5 rings (SSSR count). The van der Waals surface area contributed by atoms with Gasteiger partial charge in [-0.25, -0.2) is 9.82 Å². The summed E-state index contributed by atoms with van der Waals surface area (Å²) in [5.41, 5.74) is 9.15. The van der Waals surface area contributed by atoms with Crippen LogP contribution in [0.1, 0.15) is 55.6 Å². The molecule has 3 aliphatic rings. The fraction of sp³-hybridized carbons (Fsp3) is 0.542. The van der Waals surface area contributed by atoms with E-state index in [9.17, 15) is 9.18 Å². The Morgan fingerprint density at radius 2 is 2.00 bits per heavy atom. The van der Waals surface area contributed by atoms with Crippen LogP contribution in [0.2, 0.25) is 0 Å². The van der Waals surface area contributed by atoms with Gasteiger partial charge in [-0.15, -0.1) is 0 Å². The highest BCUT2D eigenvalue weighted by Crippen LogP contribution is 2.40. The van der Waals surface area contributed by atoms with Crippen molar-refractivity contribution >= 4 is 11.6 Å². The molecule has 7 nitrogen and oxygen atoms in total. The summed E-state index contributed by atoms with van der Waals surface area (Å²) in [5, 5.41) is 2.72. The molecule has 0 radical (unpaired) electrons. The van der Waals surface area contributed by atoms with Crippen LogP contribution in [0, 0.1) is 11.7 Å². The van der Waals surface area contributed by atoms with Gasteiger partial charge in [0.1, 0.15) is 6.04 Å². The first kappa shape index (κ1) is 21.4. The summed E-state index contributed by atoms with van der Waals surface area (Å²) in [6.45, 7) is 3.30. The normalized spacial score (nSPS) is 28.3. The Kier molecular flexibility index (Phi) is 6.43. The number of nitrogens with one attached hydrogen (secondary N) is 3. The van der Waals surface area contributed by atoms with Gasteiger partial charge in [-0.2, -0.15) is 0 Å². The second-order valence-electron chi connectivity index (χ2n) is 9.35. The van der Waals surface area contributed by atoms with Crippen LogP contribution in [0.5, 0.6) is 0 Å². The van der Waals surface area contributed by atoms with Gasteiger partial charge >= 0.3 is 0 Å². The number of aromatic nitrogens is 2. The van der Waals surface area contributed by atoms with Crippen LogP contribution in [0.3, 0.4) is 0 Å². The predicted molar refractivity (Wildman–Crippen MR) is 120 cm³/mol. The Balaban J connectivity index is 1.25. The number of likely N-dealkylation sites (tertiary alicyclic amines) is 1. The number of carbonyl (C=O) groups is 1. The Morgan fingerprint density at radius 3 is 2.84 bits per heavy atom. The van der Waals surface area contributed by atoms with Gasteiger partial charge in [0.25, 0.3) is 0 Å². The maximum Gasteiger partial charge on any atom is 0.243 e. The molecule has 3 fully saturated rings. The van der Waals surface area contributed by atoms with Crippen molar-refractivity contribution in [3.05, 3.63) is 53.9 Å². The molecular formula is C24H31FN6O. The van der Waals surface area contributed by atoms with Crippen molar-refractivity contribution in [2.75, 3.05) is 18.4 Å². The van der Waals surface area contributed by atoms with Gasteiger partial charge in [0, 0.05) is 37.1 Å². The fourth-order valence-electron chi connectivity index (χ4n) is 5.50. The van der Waals surface area contributed by atoms with Crippen molar-refractivity contribution in [1.82, 2.24) is 25.7 Å². The lowest BCUT2D eigenvalue weighted by molar-refractivity contribution is -0.119. The monoisotopic (exact) mass is 438 g/mol. The van der Waals surface area contributed by atoms with E-state index in [2.05, 4.69) is 37.1 Å². The quantitative estimate of drug-likeness (QED) is 0.666. The van der Waals surface area contributed by atoms with Crippen LogP contribution in [0.15, 0.2) is 36.9 Å². The van der Waals surface area contributed by atoms with E-state index in [1.807, 2.05) is 12.4 Å². The van der Waals surface area contributed by atoms with E-state index in [0.29, 0.717) is 5.92 Å². The third-order valence-electron chi connectivity index (χ3n) is 7.21. The number of fused-ring (bicyclic) bond motifs is 1. The van der Waals surface area contributed by atoms with Crippen LogP contribution in [-0.4, -0.2) is 45.9 Å². The number of amides is 1. The number of hydrogen-bond donors (Lipinski definition) is 3. The van der Waals surface area contributed by atoms with Crippen molar-refractivity contribution in [3.8, 4) is 0 Å². The SMILES string of the molecule is O=C(Nc1ccncc1F)C1NNC2CCC(c3cncc(CN4CCCCC4)c3)CC21. The lowest BCUT2D eigenvalue weighted by Gasteiger charge is -2.33. The molecule has 3 N–H and O–H groups in total. The zero-order chi connectivity index (χ0) is 21.9. The van der Waals surface area contributed by atoms with E-state index in [1.165, 1.54) is 55.7 Å². The average Bonchev–Trinajstić information content (AvgIpc) is 3.25. The number of hydrazine groups is 1. The maximum atomic E-state index is 13.9. The zero-order valence-electron chi connectivity index (χ0n) is 18.3. The number of halogens is 1. The van der Waals surface area contributed by atoms with Crippen molar-refractivity contribution in [3.63, 3.8) is 0 Å². The van der Waals surface area contributed by atoms with Crippen LogP contribution in [0.4, 0.5) is 10.1 Å². The first-order valence-electron chi connectivity index (χ1n) is 11.7. The summed E-state index contributed by atoms with van der Waals surface area (Å²) in [6, 6.07) is 3.63. The van der Waals surface area contributed by atoms with Crippen molar-refractivity contribution in [2.24, 2.45) is 5.92 Å². The summed E-state index contributed by atoms with van der Waals surface area (Å²) in [5.74, 6) is -0.224. The molecule has 0 aromatic carbocycles. The molecule has 32 heavy (non-hydrogen) atoms. The fourth-order valence-corrected chi connectivity index (χ4v) is 5.50. The lowest BCUT2D eigenvalue weighted by Crippen LogP contribution is -2.42. The van der Waals surface area contributed by atoms with Crippen LogP contribution < -0.4 is 16.2 Å². The van der Waals surface area contributed by atoms with Gasteiger partial charge in [-0.05, 0) is 68.3 Å². The summed E-state index contributed by atoms with van der Waals surface area (Å²) in [4.78, 5) is 23.7. The second-order valence-corrected chi connectivity index (χ2v) is 9.35. The first-order valence-corrected chi connectivity index (χ1v) is 11.7. The largest absolute Gasteiger partial charge is 0.322 e. The molecule has 0 bridgehead atoms. The molecule has 4 heterocycles. The first-order chi connectivity index (χ1) is 15.7. The minimum Gasteiger partial charge on any atom is -0.322 e. The second kappa shape index (κ2) is 9.60. The molecule has 4 atom stereocenters. The van der Waals surface area contributed by atoms with Crippen LogP contribution in [0.25, 0.3) is 0 Å². The Bertz CT molecular complexity index is 950. The minimum absolute atomic E-state index is 0.143. The van der Waals surface area contributed by atoms with Gasteiger partial charge < -0.3 is 5.32 Å². The van der Waals surface area contributed by atoms with Gasteiger partial charge in [0.15, 0.2) is 5.82 Å². The molecule has 1 aliphatic carbocycles. The smallest absolute Gasteiger partial charge is 0.243 e. The van der Waals surface area contributed by atoms with Gasteiger partial charge in [-0.1, -0.05) is 12.5 Å². The zero-order valence-corrected chi connectivity index (χ0v) is 18.3. The summed E-state index contributed by atoms with van der Waals surface area (Å²) in [6.07, 6.45) is 13.4. The highest BCUT2D eigenvalue weighted by molar-refractivity contribution is 5.95. The molecule has 170 valence electrons. The Labute approximate surface area is 188 Å². The number of rotatable bonds is 5. The van der Waals surface area contributed by atoms with Crippen molar-refractivity contribution in [2.45, 2.75) is 63.1 Å². The van der Waals surface area contributed by atoms with Crippen molar-refractivity contribution < 1.29 is 9.18 Å². The third kappa shape index (κ3) is 4.67. The third-order valence-corrected chi connectivity index (χ3v) is 7.21. The molecule has 2 aromatic rings. The van der Waals surface area contributed by atoms with E-state index in [1.54, 1.807) is 0 Å². The number of pyridine rings is 2. The molecular weight excluding hydrogens is 407 g/mol. The molecule has 0 spiro atoms. The number of anilines is 1. The Hall–Kier alpha value is -2.42. The molecule has 2 saturated heterocycles. The number of piperidine rings is 1. The molecule has 8 heteroatoms. The molecule has 1 saturated carbocycles. The van der Waals surface area contributed by atoms with E-state index >= 15 is 0 Å². The minimum atomic E-state index is -0.526. The van der Waals surface area contributed by atoms with Crippen LogP contribution in [-0.2, 0) is 11.3 Å². The van der Waals surface area contributed by atoms with Crippen molar-refractivity contribution in [1.29, 1.82) is 0 Å². The summed E-state index contributed by atoms with van der Waals surface area (Å²) < 4.78 is 13.9. The molecule has 1 amide bonds. The summed E-state index contributed by atoms with van der Waals surface area (Å²) in [7, 11) is 0. The maximum absolute atomic E-state index is 13.9. The summed E-state index contributed by atoms with van der Waals surface area (Å²) >= 11 is 0. The van der Waals surface area contributed by atoms with Gasteiger partial charge in [0.2, 0.25) is 5.91 Å². The molecule has 4 unspecified atom stereocenters. The number of nitrogens with zero attached hydrogens (tertiary/aromatic N) is 3. The standard InChI is InChI=1S/C24H31FN6O/c25-20-14-26-7-6-22(20)28-24(32)23-19-11-17(4-5-21(19)29-30-23)18-10-16(12-27-13-18)15-31-8-2-1-3-9-31/h6-7,10,12-14,17,19,21,23,29-30H,1-5,8-9,11,15H2,(H,26,28,32). The molecule has 2 aromatic heterocycles. The average molecular weight is 439 g/mol. The number of hydrogen-bond acceptors (Lipinski definition) is 6. The van der Waals surface area contributed by atoms with E-state index in [-0.39, 0.29) is 23.6 Å². The lowest BCUT2D eigenvalue weighted by atomic mass is 9.73. The number of carbonyl (C=O) groups excluding carboxylic acids is 1. The van der Waals surface area contributed by atoms with E-state index in [4.69, 9.17) is 0 Å². The Morgan fingerprint density at radius 1 is 1.12 bits per heavy atom. The van der Waals surface area contributed by atoms with Crippen LogP contribution >= 0.6 is 0 Å². The highest BCUT2D eigenvalue weighted by atomic mass is 19.1. The van der Waals surface area contributed by atoms with E-state index in [0.717, 1.165) is 32.0 Å². The highest BCUT2D eigenvalue weighted by Gasteiger charge is 2.44. The predicted octanol–water partition coefficient (Wildman–Crippen LogP) is 2.97. The van der Waals surface area contributed by atoms with E-state index < -0.39 is 11.9 Å². The van der Waals surface area contributed by atoms with Gasteiger partial charge in [-0.3, -0.25) is 25.1 Å². The topological polar surface area (TPSA) is 82.2 Å².